The zero-order valence-corrected chi connectivity index (χ0v) is 9.85. The number of hydrogen-bond donors (Lipinski definition) is 1. The average Bonchev–Trinajstić information content (AvgIpc) is 2.35. The lowest BCUT2D eigenvalue weighted by Crippen LogP contribution is -2.18. The van der Waals surface area contributed by atoms with Gasteiger partial charge < -0.3 is 4.74 Å². The normalized spacial score (nSPS) is 11.1. The molecule has 0 saturated carbocycles. The van der Waals surface area contributed by atoms with Crippen molar-refractivity contribution in [3.05, 3.63) is 35.9 Å². The van der Waals surface area contributed by atoms with Crippen LogP contribution in [0.3, 0.4) is 0 Å². The molecule has 0 atom stereocenters. The Labute approximate surface area is 99.4 Å². The van der Waals surface area contributed by atoms with E-state index >= 15 is 0 Å². The summed E-state index contributed by atoms with van der Waals surface area (Å²) in [5.74, 6) is 3.41. The van der Waals surface area contributed by atoms with Crippen molar-refractivity contribution in [3.8, 4) is 0 Å². The van der Waals surface area contributed by atoms with Crippen LogP contribution in [0.4, 0.5) is 0 Å². The molecule has 0 aromatic heterocycles. The number of nitrogens with two attached hydrogens (primary N) is 1. The van der Waals surface area contributed by atoms with Crippen molar-refractivity contribution in [2.24, 2.45) is 5.90 Å². The Hall–Kier alpha value is -1.44. The lowest BCUT2D eigenvalue weighted by Gasteiger charge is -2.04. The number of benzene rings is 1. The predicted molar refractivity (Wildman–Crippen MR) is 59.9 cm³/mol. The molecule has 1 aromatic rings. The first-order valence-corrected chi connectivity index (χ1v) is 6.42. The largest absolute Gasteiger partial charge is 0.461 e. The van der Waals surface area contributed by atoms with Gasteiger partial charge in [0.05, 0.1) is 12.2 Å². The molecule has 0 spiro atoms. The van der Waals surface area contributed by atoms with Gasteiger partial charge in [-0.15, -0.1) is 0 Å². The van der Waals surface area contributed by atoms with E-state index in [0.29, 0.717) is 0 Å². The fourth-order valence-electron chi connectivity index (χ4n) is 1.07. The Morgan fingerprint density at radius 1 is 1.24 bits per heavy atom. The van der Waals surface area contributed by atoms with Crippen molar-refractivity contribution in [1.29, 1.82) is 0 Å². The summed E-state index contributed by atoms with van der Waals surface area (Å²) in [6.07, 6.45) is -0.285. The monoisotopic (exact) mass is 259 g/mol. The SMILES string of the molecule is NOS(=O)(=O)CCC(=O)OCc1ccccc1. The lowest BCUT2D eigenvalue weighted by molar-refractivity contribution is -0.144. The molecule has 0 bridgehead atoms. The highest BCUT2D eigenvalue weighted by Crippen LogP contribution is 2.02. The maximum Gasteiger partial charge on any atom is 0.307 e. The van der Waals surface area contributed by atoms with Crippen molar-refractivity contribution in [3.63, 3.8) is 0 Å². The average molecular weight is 259 g/mol. The van der Waals surface area contributed by atoms with Crippen LogP contribution in [0, 0.1) is 0 Å². The van der Waals surface area contributed by atoms with Crippen LogP contribution in [0.1, 0.15) is 12.0 Å². The van der Waals surface area contributed by atoms with Crippen molar-refractivity contribution in [2.45, 2.75) is 13.0 Å². The first kappa shape index (κ1) is 13.6. The summed E-state index contributed by atoms with van der Waals surface area (Å²) >= 11 is 0. The quantitative estimate of drug-likeness (QED) is 0.584. The molecule has 1 rings (SSSR count). The molecule has 7 heteroatoms. The zero-order chi connectivity index (χ0) is 12.7. The molecule has 2 N–H and O–H groups in total. The highest BCUT2D eigenvalue weighted by Gasteiger charge is 2.13. The second-order valence-electron chi connectivity index (χ2n) is 3.25. The van der Waals surface area contributed by atoms with Crippen LogP contribution in [0.15, 0.2) is 30.3 Å². The van der Waals surface area contributed by atoms with E-state index in [9.17, 15) is 13.2 Å². The van der Waals surface area contributed by atoms with E-state index in [1.165, 1.54) is 0 Å². The molecule has 0 amide bonds. The van der Waals surface area contributed by atoms with Gasteiger partial charge in [-0.25, -0.2) is 0 Å². The molecular formula is C10H13NO5S. The van der Waals surface area contributed by atoms with Crippen LogP contribution < -0.4 is 5.90 Å². The molecule has 0 heterocycles. The van der Waals surface area contributed by atoms with Gasteiger partial charge in [0.2, 0.25) is 0 Å². The van der Waals surface area contributed by atoms with Crippen molar-refractivity contribution in [2.75, 3.05) is 5.75 Å². The van der Waals surface area contributed by atoms with E-state index < -0.39 is 21.8 Å². The summed E-state index contributed by atoms with van der Waals surface area (Å²) in [6, 6.07) is 9.07. The van der Waals surface area contributed by atoms with Crippen LogP contribution in [0.25, 0.3) is 0 Å². The van der Waals surface area contributed by atoms with Gasteiger partial charge in [0.15, 0.2) is 0 Å². The highest BCUT2D eigenvalue weighted by atomic mass is 32.2. The molecule has 0 aliphatic heterocycles. The molecule has 0 unspecified atom stereocenters. The molecule has 1 aromatic carbocycles. The maximum atomic E-state index is 11.2. The molecule has 0 fully saturated rings. The van der Waals surface area contributed by atoms with Crippen LogP contribution in [0.2, 0.25) is 0 Å². The molecule has 6 nitrogen and oxygen atoms in total. The van der Waals surface area contributed by atoms with Crippen LogP contribution in [-0.2, 0) is 30.5 Å². The molecule has 0 aliphatic rings. The van der Waals surface area contributed by atoms with E-state index in [1.807, 2.05) is 18.2 Å². The standard InChI is InChI=1S/C10H13NO5S/c11-16-17(13,14)7-6-10(12)15-8-9-4-2-1-3-5-9/h1-5H,6-8,11H2. The van der Waals surface area contributed by atoms with E-state index in [2.05, 4.69) is 10.2 Å². The van der Waals surface area contributed by atoms with E-state index in [-0.39, 0.29) is 13.0 Å². The van der Waals surface area contributed by atoms with Gasteiger partial charge in [-0.3, -0.25) is 4.79 Å². The van der Waals surface area contributed by atoms with Gasteiger partial charge in [0.1, 0.15) is 6.61 Å². The second-order valence-corrected chi connectivity index (χ2v) is 4.97. The summed E-state index contributed by atoms with van der Waals surface area (Å²) in [4.78, 5) is 11.2. The van der Waals surface area contributed by atoms with Crippen molar-refractivity contribution in [1.82, 2.24) is 0 Å². The zero-order valence-electron chi connectivity index (χ0n) is 9.03. The van der Waals surface area contributed by atoms with Crippen LogP contribution in [0.5, 0.6) is 0 Å². The first-order chi connectivity index (χ1) is 8.03. The summed E-state index contributed by atoms with van der Waals surface area (Å²) < 4.78 is 30.2. The molecule has 17 heavy (non-hydrogen) atoms. The predicted octanol–water partition coefficient (Wildman–Crippen LogP) is 0.340. The fourth-order valence-corrected chi connectivity index (χ4v) is 1.58. The molecule has 0 saturated heterocycles. The third kappa shape index (κ3) is 5.43. The number of rotatable bonds is 6. The van der Waals surface area contributed by atoms with Gasteiger partial charge in [-0.05, 0) is 5.56 Å². The van der Waals surface area contributed by atoms with Crippen LogP contribution in [-0.4, -0.2) is 20.1 Å². The van der Waals surface area contributed by atoms with Gasteiger partial charge in [0, 0.05) is 0 Å². The van der Waals surface area contributed by atoms with Gasteiger partial charge in [-0.1, -0.05) is 30.3 Å². The third-order valence-electron chi connectivity index (χ3n) is 1.95. The van der Waals surface area contributed by atoms with E-state index in [1.54, 1.807) is 12.1 Å². The minimum atomic E-state index is -3.82. The number of hydrogen-bond acceptors (Lipinski definition) is 6. The fraction of sp³-hybridized carbons (Fsp3) is 0.300. The van der Waals surface area contributed by atoms with Gasteiger partial charge in [-0.2, -0.15) is 18.6 Å². The number of ether oxygens (including phenoxy) is 1. The minimum Gasteiger partial charge on any atom is -0.461 e. The minimum absolute atomic E-state index is 0.114. The molecular weight excluding hydrogens is 246 g/mol. The van der Waals surface area contributed by atoms with E-state index in [0.717, 1.165) is 5.56 Å². The highest BCUT2D eigenvalue weighted by molar-refractivity contribution is 7.86. The smallest absolute Gasteiger partial charge is 0.307 e. The Morgan fingerprint density at radius 2 is 1.88 bits per heavy atom. The van der Waals surface area contributed by atoms with Gasteiger partial charge >= 0.3 is 5.97 Å². The molecule has 0 aliphatic carbocycles. The van der Waals surface area contributed by atoms with Crippen molar-refractivity contribution < 1.29 is 22.2 Å². The Kier molecular flexibility index (Phi) is 5.08. The van der Waals surface area contributed by atoms with Crippen LogP contribution >= 0.6 is 0 Å². The number of carbonyl (C=O) groups excluding carboxylic acids is 1. The summed E-state index contributed by atoms with van der Waals surface area (Å²) in [7, 11) is -3.82. The molecule has 94 valence electrons. The van der Waals surface area contributed by atoms with E-state index in [4.69, 9.17) is 4.74 Å². The van der Waals surface area contributed by atoms with Crippen molar-refractivity contribution >= 4 is 16.1 Å². The summed E-state index contributed by atoms with van der Waals surface area (Å²) in [5, 5.41) is 0. The third-order valence-corrected chi connectivity index (χ3v) is 2.94. The number of carbonyl (C=O) groups is 1. The Balaban J connectivity index is 2.32. The second kappa shape index (κ2) is 6.33. The first-order valence-electron chi connectivity index (χ1n) is 4.84. The van der Waals surface area contributed by atoms with Gasteiger partial charge in [0.25, 0.3) is 10.1 Å². The maximum absolute atomic E-state index is 11.2. The topological polar surface area (TPSA) is 95.7 Å². The summed E-state index contributed by atoms with van der Waals surface area (Å²) in [5.41, 5.74) is 0.832. The Morgan fingerprint density at radius 3 is 2.47 bits per heavy atom. The summed E-state index contributed by atoms with van der Waals surface area (Å²) in [6.45, 7) is 0.114. The Bertz CT molecular complexity index is 457. The number of esters is 1. The lowest BCUT2D eigenvalue weighted by atomic mass is 10.2. The molecule has 0 radical (unpaired) electrons.